The lowest BCUT2D eigenvalue weighted by atomic mass is 9.96. The van der Waals surface area contributed by atoms with Crippen LogP contribution in [0.2, 0.25) is 0 Å². The van der Waals surface area contributed by atoms with Crippen LogP contribution in [0.1, 0.15) is 42.5 Å². The van der Waals surface area contributed by atoms with Crippen LogP contribution < -0.4 is 4.90 Å². The molecule has 0 saturated carbocycles. The Kier molecular flexibility index (Phi) is 6.70. The molecule has 1 aliphatic heterocycles. The number of benzene rings is 2. The minimum atomic E-state index is -4.29. The van der Waals surface area contributed by atoms with Crippen molar-refractivity contribution < 1.29 is 22.4 Å². The average molecular weight is 472 g/mol. The summed E-state index contributed by atoms with van der Waals surface area (Å²) in [6.07, 6.45) is -1.44. The Balaban J connectivity index is 1.73. The minimum Gasteiger partial charge on any atom is -0.472 e. The Bertz CT molecular complexity index is 1160. The molecule has 2 heterocycles. The van der Waals surface area contributed by atoms with Gasteiger partial charge in [0.15, 0.2) is 0 Å². The van der Waals surface area contributed by atoms with Crippen LogP contribution in [0.25, 0.3) is 11.1 Å². The van der Waals surface area contributed by atoms with Gasteiger partial charge in [-0.1, -0.05) is 47.6 Å². The third-order valence-electron chi connectivity index (χ3n) is 6.03. The number of halogens is 3. The van der Waals surface area contributed by atoms with Crippen LogP contribution in [0.5, 0.6) is 0 Å². The van der Waals surface area contributed by atoms with E-state index in [0.717, 1.165) is 33.5 Å². The first-order valence-electron chi connectivity index (χ1n) is 11.2. The fourth-order valence-corrected chi connectivity index (χ4v) is 4.04. The van der Waals surface area contributed by atoms with Crippen molar-refractivity contribution in [1.82, 2.24) is 10.1 Å². The van der Waals surface area contributed by atoms with Gasteiger partial charge in [-0.25, -0.2) is 0 Å². The summed E-state index contributed by atoms with van der Waals surface area (Å²) in [6.45, 7) is 6.51. The lowest BCUT2D eigenvalue weighted by Crippen LogP contribution is -2.38. The van der Waals surface area contributed by atoms with E-state index in [0.29, 0.717) is 5.88 Å². The zero-order valence-corrected chi connectivity index (χ0v) is 19.6. The number of ether oxygens (including phenoxy) is 1. The van der Waals surface area contributed by atoms with Gasteiger partial charge in [0.25, 0.3) is 0 Å². The Morgan fingerprint density at radius 1 is 1.09 bits per heavy atom. The summed E-state index contributed by atoms with van der Waals surface area (Å²) in [5, 5.41) is 4.03. The van der Waals surface area contributed by atoms with Crippen molar-refractivity contribution in [3.05, 3.63) is 83.4 Å². The van der Waals surface area contributed by atoms with Crippen LogP contribution in [0.3, 0.4) is 0 Å². The van der Waals surface area contributed by atoms with Crippen molar-refractivity contribution in [2.45, 2.75) is 52.7 Å². The molecule has 1 aliphatic rings. The van der Waals surface area contributed by atoms with E-state index in [9.17, 15) is 13.2 Å². The van der Waals surface area contributed by atoms with Gasteiger partial charge in [-0.2, -0.15) is 13.2 Å². The number of hydrogen-bond donors (Lipinski definition) is 0. The van der Waals surface area contributed by atoms with Crippen LogP contribution in [-0.4, -0.2) is 28.8 Å². The van der Waals surface area contributed by atoms with Gasteiger partial charge in [0.2, 0.25) is 12.1 Å². The van der Waals surface area contributed by atoms with Gasteiger partial charge in [0, 0.05) is 29.9 Å². The van der Waals surface area contributed by atoms with Crippen LogP contribution >= 0.6 is 0 Å². The largest absolute Gasteiger partial charge is 0.472 e. The molecule has 0 N–H and O–H groups in total. The van der Waals surface area contributed by atoms with Crippen molar-refractivity contribution in [3.63, 3.8) is 0 Å². The Morgan fingerprint density at radius 2 is 1.82 bits per heavy atom. The molecule has 0 fully saturated rings. The summed E-state index contributed by atoms with van der Waals surface area (Å²) in [5.74, 6) is 0.575. The second-order valence-corrected chi connectivity index (χ2v) is 8.78. The third-order valence-corrected chi connectivity index (χ3v) is 6.03. The summed E-state index contributed by atoms with van der Waals surface area (Å²) in [6, 6.07) is 15.2. The van der Waals surface area contributed by atoms with Crippen LogP contribution in [0.4, 0.5) is 19.1 Å². The van der Waals surface area contributed by atoms with E-state index in [4.69, 9.17) is 9.26 Å². The smallest absolute Gasteiger partial charge is 0.401 e. The monoisotopic (exact) mass is 471 g/mol. The van der Waals surface area contributed by atoms with Crippen molar-refractivity contribution in [2.24, 2.45) is 0 Å². The average Bonchev–Trinajstić information content (AvgIpc) is 3.39. The van der Waals surface area contributed by atoms with Crippen LogP contribution in [0.15, 0.2) is 65.5 Å². The summed E-state index contributed by atoms with van der Waals surface area (Å²) >= 11 is 0. The van der Waals surface area contributed by atoms with E-state index in [2.05, 4.69) is 5.16 Å². The molecular weight excluding hydrogens is 443 g/mol. The highest BCUT2D eigenvalue weighted by Gasteiger charge is 2.33. The van der Waals surface area contributed by atoms with Gasteiger partial charge in [-0.15, -0.1) is 0 Å². The molecule has 2 aromatic carbocycles. The van der Waals surface area contributed by atoms with E-state index >= 15 is 0 Å². The summed E-state index contributed by atoms with van der Waals surface area (Å²) < 4.78 is 51.3. The highest BCUT2D eigenvalue weighted by Crippen LogP contribution is 2.37. The molecule has 1 atom stereocenters. The van der Waals surface area contributed by atoms with Gasteiger partial charge >= 0.3 is 6.18 Å². The van der Waals surface area contributed by atoms with E-state index < -0.39 is 18.9 Å². The first-order chi connectivity index (χ1) is 16.1. The van der Waals surface area contributed by atoms with Gasteiger partial charge in [0.05, 0.1) is 12.2 Å². The van der Waals surface area contributed by atoms with Crippen molar-refractivity contribution in [2.75, 3.05) is 11.4 Å². The lowest BCUT2D eigenvalue weighted by Gasteiger charge is -2.29. The van der Waals surface area contributed by atoms with E-state index in [1.165, 1.54) is 4.90 Å². The zero-order valence-electron chi connectivity index (χ0n) is 19.6. The first-order valence-corrected chi connectivity index (χ1v) is 11.2. The van der Waals surface area contributed by atoms with Crippen molar-refractivity contribution in [3.8, 4) is 11.1 Å². The van der Waals surface area contributed by atoms with Crippen molar-refractivity contribution >= 4 is 5.88 Å². The maximum Gasteiger partial charge on any atom is 0.401 e. The fourth-order valence-electron chi connectivity index (χ4n) is 4.04. The molecule has 0 radical (unpaired) electrons. The molecule has 4 rings (SSSR count). The number of hydrogen-bond acceptors (Lipinski definition) is 5. The normalized spacial score (nSPS) is 16.0. The number of nitrogens with zero attached hydrogens (tertiary/aromatic N) is 3. The molecule has 3 aromatic rings. The molecular formula is C26H28F3N3O2. The van der Waals surface area contributed by atoms with E-state index in [1.54, 1.807) is 26.3 Å². The number of aromatic nitrogens is 1. The molecule has 0 spiro atoms. The molecule has 180 valence electrons. The van der Waals surface area contributed by atoms with Gasteiger partial charge in [-0.3, -0.25) is 9.80 Å². The maximum absolute atomic E-state index is 13.3. The SMILES string of the molecule is Cc1noc(N2C=COC2c2ccc(-c3ccccc3)c(CN(CC(F)(F)F)C(C)C)c2)c1C. The predicted molar refractivity (Wildman–Crippen MR) is 125 cm³/mol. The number of alkyl halides is 3. The van der Waals surface area contributed by atoms with E-state index in [1.807, 2.05) is 67.3 Å². The quantitative estimate of drug-likeness (QED) is 0.382. The molecule has 0 bridgehead atoms. The first kappa shape index (κ1) is 23.9. The molecule has 0 aliphatic carbocycles. The van der Waals surface area contributed by atoms with Gasteiger partial charge in [-0.05, 0) is 50.5 Å². The molecule has 34 heavy (non-hydrogen) atoms. The third kappa shape index (κ3) is 5.12. The molecule has 0 amide bonds. The standard InChI is InChI=1S/C26H28F3N3O2/c1-17(2)31(16-26(27,28)29)15-22-14-21(10-11-23(22)20-8-6-5-7-9-20)25-32(12-13-33-25)24-18(3)19(4)30-34-24/h5-14,17,25H,15-16H2,1-4H3. The molecule has 8 heteroatoms. The number of aryl methyl sites for hydroxylation is 1. The number of rotatable bonds is 7. The summed E-state index contributed by atoms with van der Waals surface area (Å²) in [7, 11) is 0. The van der Waals surface area contributed by atoms with Crippen LogP contribution in [0, 0.1) is 13.8 Å². The highest BCUT2D eigenvalue weighted by molar-refractivity contribution is 5.68. The Hall–Kier alpha value is -3.26. The fraction of sp³-hybridized carbons (Fsp3) is 0.346. The van der Waals surface area contributed by atoms with Gasteiger partial charge < -0.3 is 9.26 Å². The molecule has 0 saturated heterocycles. The number of anilines is 1. The predicted octanol–water partition coefficient (Wildman–Crippen LogP) is 6.74. The van der Waals surface area contributed by atoms with Crippen molar-refractivity contribution in [1.29, 1.82) is 0 Å². The van der Waals surface area contributed by atoms with Crippen LogP contribution in [-0.2, 0) is 11.3 Å². The second-order valence-electron chi connectivity index (χ2n) is 8.78. The minimum absolute atomic E-state index is 0.149. The second kappa shape index (κ2) is 9.54. The Labute approximate surface area is 197 Å². The molecule has 5 nitrogen and oxygen atoms in total. The van der Waals surface area contributed by atoms with Gasteiger partial charge in [0.1, 0.15) is 6.26 Å². The van der Waals surface area contributed by atoms with E-state index in [-0.39, 0.29) is 12.6 Å². The maximum atomic E-state index is 13.3. The zero-order chi connectivity index (χ0) is 24.5. The summed E-state index contributed by atoms with van der Waals surface area (Å²) in [4.78, 5) is 3.27. The summed E-state index contributed by atoms with van der Waals surface area (Å²) in [5.41, 5.74) is 5.13. The lowest BCUT2D eigenvalue weighted by molar-refractivity contribution is -0.150. The molecule has 1 aromatic heterocycles. The Morgan fingerprint density at radius 3 is 2.44 bits per heavy atom. The topological polar surface area (TPSA) is 41.7 Å². The molecule has 1 unspecified atom stereocenters. The highest BCUT2D eigenvalue weighted by atomic mass is 19.4.